The van der Waals surface area contributed by atoms with Crippen molar-refractivity contribution >= 4 is 39.1 Å². The first-order valence-electron chi connectivity index (χ1n) is 8.23. The number of aliphatic hydroxyl groups excluding tert-OH is 1. The van der Waals surface area contributed by atoms with Crippen LogP contribution in [-0.2, 0) is 14.8 Å². The summed E-state index contributed by atoms with van der Waals surface area (Å²) in [7, 11) is -3.96. The predicted octanol–water partition coefficient (Wildman–Crippen LogP) is 2.18. The van der Waals surface area contributed by atoms with E-state index in [0.717, 1.165) is 12.8 Å². The third-order valence-electron chi connectivity index (χ3n) is 4.76. The summed E-state index contributed by atoms with van der Waals surface area (Å²) >= 11 is 12.0. The Morgan fingerprint density at radius 2 is 1.76 bits per heavy atom. The predicted molar refractivity (Wildman–Crippen MR) is 95.2 cm³/mol. The number of aliphatic hydroxyl groups is 1. The Kier molecular flexibility index (Phi) is 5.60. The summed E-state index contributed by atoms with van der Waals surface area (Å²) in [5, 5.41) is 13.6. The van der Waals surface area contributed by atoms with Gasteiger partial charge in [-0.1, -0.05) is 36.0 Å². The first-order chi connectivity index (χ1) is 11.8. The number of hydrogen-bond donors (Lipinski definition) is 2. The molecule has 9 heteroatoms. The second-order valence-electron chi connectivity index (χ2n) is 6.52. The summed E-state index contributed by atoms with van der Waals surface area (Å²) in [5.74, 6) is -0.256. The monoisotopic (exact) mass is 406 g/mol. The number of carbonyl (C=O) groups excluding carboxylic acids is 1. The molecule has 2 N–H and O–H groups in total. The number of halogens is 2. The quantitative estimate of drug-likeness (QED) is 0.787. The summed E-state index contributed by atoms with van der Waals surface area (Å²) in [6.07, 6.45) is 1.84. The smallest absolute Gasteiger partial charge is 0.243 e. The number of hydrogen-bond acceptors (Lipinski definition) is 4. The Morgan fingerprint density at radius 3 is 2.44 bits per heavy atom. The molecule has 0 aromatic heterocycles. The van der Waals surface area contributed by atoms with Gasteiger partial charge in [-0.15, -0.1) is 0 Å². The van der Waals surface area contributed by atoms with E-state index in [1.807, 2.05) is 0 Å². The van der Waals surface area contributed by atoms with Crippen molar-refractivity contribution in [2.45, 2.75) is 55.2 Å². The molecule has 2 saturated heterocycles. The molecule has 3 rings (SSSR count). The van der Waals surface area contributed by atoms with E-state index in [0.29, 0.717) is 12.8 Å². The van der Waals surface area contributed by atoms with Gasteiger partial charge in [-0.2, -0.15) is 4.31 Å². The Morgan fingerprint density at radius 1 is 1.12 bits per heavy atom. The summed E-state index contributed by atoms with van der Waals surface area (Å²) < 4.78 is 28.0. The summed E-state index contributed by atoms with van der Waals surface area (Å²) in [6, 6.07) is 3.08. The summed E-state index contributed by atoms with van der Waals surface area (Å²) in [5.41, 5.74) is 0. The lowest BCUT2D eigenvalue weighted by Crippen LogP contribution is -2.57. The fourth-order valence-corrected chi connectivity index (χ4v) is 6.25. The summed E-state index contributed by atoms with van der Waals surface area (Å²) in [4.78, 5) is 12.0. The van der Waals surface area contributed by atoms with Crippen LogP contribution in [0.5, 0.6) is 0 Å². The van der Waals surface area contributed by atoms with E-state index < -0.39 is 28.2 Å². The van der Waals surface area contributed by atoms with Crippen molar-refractivity contribution in [2.24, 2.45) is 0 Å². The molecular weight excluding hydrogens is 387 g/mol. The van der Waals surface area contributed by atoms with Gasteiger partial charge in [0.15, 0.2) is 0 Å². The molecule has 25 heavy (non-hydrogen) atoms. The minimum absolute atomic E-state index is 0.0184. The van der Waals surface area contributed by atoms with Gasteiger partial charge in [0, 0.05) is 29.1 Å². The molecule has 2 bridgehead atoms. The molecule has 1 aromatic rings. The van der Waals surface area contributed by atoms with Crippen LogP contribution in [0.2, 0.25) is 10.0 Å². The minimum atomic E-state index is -3.96. The number of β-amino-alcohol motifs (C(OH)–C–C–N with tert-alkyl or cyclic N) is 1. The highest BCUT2D eigenvalue weighted by molar-refractivity contribution is 7.89. The van der Waals surface area contributed by atoms with Crippen molar-refractivity contribution in [1.82, 2.24) is 9.62 Å². The van der Waals surface area contributed by atoms with Gasteiger partial charge in [-0.05, 0) is 31.0 Å². The number of nitrogens with one attached hydrogen (secondary N) is 1. The lowest BCUT2D eigenvalue weighted by atomic mass is 10.0. The average Bonchev–Trinajstić information content (AvgIpc) is 2.74. The van der Waals surface area contributed by atoms with Crippen LogP contribution in [0, 0.1) is 0 Å². The Hall–Kier alpha value is -0.860. The Bertz CT molecular complexity index is 751. The van der Waals surface area contributed by atoms with Crippen molar-refractivity contribution < 1.29 is 18.3 Å². The van der Waals surface area contributed by atoms with Crippen LogP contribution in [0.1, 0.15) is 32.1 Å². The molecular formula is C16H20Cl2N2O4S. The molecule has 2 fully saturated rings. The van der Waals surface area contributed by atoms with Crippen LogP contribution < -0.4 is 5.32 Å². The molecule has 6 nitrogen and oxygen atoms in total. The normalized spacial score (nSPS) is 28.6. The minimum Gasteiger partial charge on any atom is -0.390 e. The SMILES string of the molecule is O=C1CC2CCCCC(C(O)CN1)N2S(=O)(=O)c1cc(Cl)cc(Cl)c1. The molecule has 2 heterocycles. The van der Waals surface area contributed by atoms with Gasteiger partial charge in [0.1, 0.15) is 0 Å². The second kappa shape index (κ2) is 7.40. The number of carbonyl (C=O) groups is 1. The lowest BCUT2D eigenvalue weighted by Gasteiger charge is -2.39. The summed E-state index contributed by atoms with van der Waals surface area (Å²) in [6.45, 7) is 0.0402. The van der Waals surface area contributed by atoms with Gasteiger partial charge < -0.3 is 10.4 Å². The van der Waals surface area contributed by atoms with Crippen molar-refractivity contribution in [3.63, 3.8) is 0 Å². The van der Waals surface area contributed by atoms with E-state index in [4.69, 9.17) is 23.2 Å². The molecule has 0 aliphatic carbocycles. The van der Waals surface area contributed by atoms with Crippen LogP contribution >= 0.6 is 23.2 Å². The molecule has 0 saturated carbocycles. The van der Waals surface area contributed by atoms with Crippen LogP contribution in [0.25, 0.3) is 0 Å². The van der Waals surface area contributed by atoms with Crippen LogP contribution in [0.4, 0.5) is 0 Å². The van der Waals surface area contributed by atoms with E-state index in [1.54, 1.807) is 0 Å². The fraction of sp³-hybridized carbons (Fsp3) is 0.562. The topological polar surface area (TPSA) is 86.7 Å². The Labute approximate surface area is 157 Å². The van der Waals surface area contributed by atoms with Crippen molar-refractivity contribution in [3.8, 4) is 0 Å². The highest BCUT2D eigenvalue weighted by Gasteiger charge is 2.43. The maximum atomic E-state index is 13.3. The van der Waals surface area contributed by atoms with Crippen LogP contribution in [-0.4, -0.2) is 48.5 Å². The van der Waals surface area contributed by atoms with E-state index >= 15 is 0 Å². The molecule has 3 atom stereocenters. The number of benzene rings is 1. The highest BCUT2D eigenvalue weighted by atomic mass is 35.5. The van der Waals surface area contributed by atoms with Gasteiger partial charge in [-0.25, -0.2) is 8.42 Å². The number of nitrogens with zero attached hydrogens (tertiary/aromatic N) is 1. The standard InChI is InChI=1S/C16H20Cl2N2O4S/c17-10-5-11(18)7-13(6-10)25(23,24)20-12-3-1-2-4-14(20)15(21)9-19-16(22)8-12/h5-7,12,14-15,21H,1-4,8-9H2,(H,19,22). The van der Waals surface area contributed by atoms with Gasteiger partial charge in [0.2, 0.25) is 15.9 Å². The maximum absolute atomic E-state index is 13.3. The van der Waals surface area contributed by atoms with E-state index in [9.17, 15) is 18.3 Å². The van der Waals surface area contributed by atoms with Crippen molar-refractivity contribution in [1.29, 1.82) is 0 Å². The van der Waals surface area contributed by atoms with Crippen LogP contribution in [0.3, 0.4) is 0 Å². The largest absolute Gasteiger partial charge is 0.390 e. The first-order valence-corrected chi connectivity index (χ1v) is 10.4. The molecule has 0 spiro atoms. The molecule has 1 aromatic carbocycles. The van der Waals surface area contributed by atoms with E-state index in [2.05, 4.69) is 5.32 Å². The molecule has 138 valence electrons. The second-order valence-corrected chi connectivity index (χ2v) is 9.24. The molecule has 2 aliphatic heterocycles. The third kappa shape index (κ3) is 3.95. The first kappa shape index (κ1) is 18.9. The number of rotatable bonds is 2. The molecule has 3 unspecified atom stereocenters. The number of sulfonamides is 1. The Balaban J connectivity index is 2.10. The van der Waals surface area contributed by atoms with Crippen molar-refractivity contribution in [3.05, 3.63) is 28.2 Å². The van der Waals surface area contributed by atoms with Gasteiger partial charge in [-0.3, -0.25) is 4.79 Å². The van der Waals surface area contributed by atoms with Gasteiger partial charge in [0.05, 0.1) is 17.0 Å². The van der Waals surface area contributed by atoms with Crippen molar-refractivity contribution in [2.75, 3.05) is 6.54 Å². The van der Waals surface area contributed by atoms with Crippen LogP contribution in [0.15, 0.2) is 23.1 Å². The zero-order valence-corrected chi connectivity index (χ0v) is 15.8. The zero-order chi connectivity index (χ0) is 18.2. The van der Waals surface area contributed by atoms with E-state index in [1.165, 1.54) is 22.5 Å². The zero-order valence-electron chi connectivity index (χ0n) is 13.5. The molecule has 0 radical (unpaired) electrons. The highest BCUT2D eigenvalue weighted by Crippen LogP contribution is 2.34. The average molecular weight is 407 g/mol. The number of fused-ring (bicyclic) bond motifs is 2. The molecule has 2 aliphatic rings. The number of amides is 1. The molecule has 1 amide bonds. The fourth-order valence-electron chi connectivity index (χ4n) is 3.63. The lowest BCUT2D eigenvalue weighted by molar-refractivity contribution is -0.123. The van der Waals surface area contributed by atoms with Gasteiger partial charge in [0.25, 0.3) is 0 Å². The third-order valence-corrected chi connectivity index (χ3v) is 7.15. The van der Waals surface area contributed by atoms with E-state index in [-0.39, 0.29) is 33.8 Å². The maximum Gasteiger partial charge on any atom is 0.243 e. The van der Waals surface area contributed by atoms with Gasteiger partial charge >= 0.3 is 0 Å².